The van der Waals surface area contributed by atoms with E-state index in [2.05, 4.69) is 11.8 Å². The number of nitrogens with zero attached hydrogens (tertiary/aromatic N) is 2. The predicted molar refractivity (Wildman–Crippen MR) is 167 cm³/mol. The van der Waals surface area contributed by atoms with Crippen molar-refractivity contribution in [2.24, 2.45) is 17.1 Å². The number of ether oxygens (including phenoxy) is 2. The van der Waals surface area contributed by atoms with Gasteiger partial charge in [-0.05, 0) is 81.7 Å². The number of nitrogen functional groups attached to an aromatic ring is 1. The molecule has 2 atom stereocenters. The first-order chi connectivity index (χ1) is 21.1. The van der Waals surface area contributed by atoms with Gasteiger partial charge in [-0.25, -0.2) is 8.42 Å². The second-order valence-corrected chi connectivity index (χ2v) is 14.9. The lowest BCUT2D eigenvalue weighted by Crippen LogP contribution is -2.45. The molecule has 0 unspecified atom stereocenters. The summed E-state index contributed by atoms with van der Waals surface area (Å²) in [6, 6.07) is 8.86. The van der Waals surface area contributed by atoms with Crippen LogP contribution >= 0.6 is 0 Å². The number of sulfonamides is 1. The maximum atomic E-state index is 13.3. The molecule has 2 fully saturated rings. The molecular formula is C33H40N4O7S. The van der Waals surface area contributed by atoms with Gasteiger partial charge < -0.3 is 25.8 Å². The molecule has 1 saturated heterocycles. The molecule has 2 aromatic rings. The number of nitrogens with two attached hydrogens (primary N) is 2. The molecule has 12 heteroatoms. The van der Waals surface area contributed by atoms with Crippen LogP contribution in [0.2, 0.25) is 0 Å². The van der Waals surface area contributed by atoms with E-state index >= 15 is 0 Å². The Balaban J connectivity index is 1.24. The first-order valence-electron chi connectivity index (χ1n) is 15.0. The zero-order chi connectivity index (χ0) is 32.7. The highest BCUT2D eigenvalue weighted by Gasteiger charge is 2.55. The number of benzene rings is 2. The minimum Gasteiger partial charge on any atom is -0.495 e. The van der Waals surface area contributed by atoms with Crippen molar-refractivity contribution >= 4 is 33.5 Å². The number of methoxy groups -OCH3 is 1. The van der Waals surface area contributed by atoms with Gasteiger partial charge >= 0.3 is 5.97 Å². The van der Waals surface area contributed by atoms with Crippen LogP contribution in [0.4, 0.5) is 5.69 Å². The van der Waals surface area contributed by atoms with Gasteiger partial charge in [-0.1, -0.05) is 17.9 Å². The van der Waals surface area contributed by atoms with E-state index in [1.165, 1.54) is 34.5 Å². The Morgan fingerprint density at radius 1 is 1.16 bits per heavy atom. The van der Waals surface area contributed by atoms with Gasteiger partial charge in [0.05, 0.1) is 17.7 Å². The first-order valence-corrected chi connectivity index (χ1v) is 16.5. The summed E-state index contributed by atoms with van der Waals surface area (Å²) in [5.41, 5.74) is 13.1. The molecule has 0 radical (unpaired) electrons. The summed E-state index contributed by atoms with van der Waals surface area (Å²) < 4.78 is 38.6. The molecule has 2 aliphatic heterocycles. The number of primary amides is 1. The molecule has 240 valence electrons. The third kappa shape index (κ3) is 6.65. The molecule has 4 N–H and O–H groups in total. The van der Waals surface area contributed by atoms with Crippen LogP contribution in [0.25, 0.3) is 0 Å². The van der Waals surface area contributed by atoms with Gasteiger partial charge in [0, 0.05) is 49.2 Å². The number of amides is 2. The second-order valence-electron chi connectivity index (χ2n) is 13.0. The van der Waals surface area contributed by atoms with E-state index in [4.69, 9.17) is 20.9 Å². The van der Waals surface area contributed by atoms with E-state index in [1.54, 1.807) is 32.9 Å². The van der Waals surface area contributed by atoms with E-state index in [1.807, 2.05) is 6.07 Å². The average molecular weight is 637 g/mol. The van der Waals surface area contributed by atoms with E-state index in [-0.39, 0.29) is 41.5 Å². The molecule has 2 heterocycles. The fourth-order valence-electron chi connectivity index (χ4n) is 6.26. The Hall–Kier alpha value is -4.08. The maximum Gasteiger partial charge on any atom is 0.306 e. The molecule has 45 heavy (non-hydrogen) atoms. The second kappa shape index (κ2) is 12.0. The lowest BCUT2D eigenvalue weighted by atomic mass is 9.92. The van der Waals surface area contributed by atoms with Crippen LogP contribution in [-0.2, 0) is 30.9 Å². The van der Waals surface area contributed by atoms with E-state index in [0.29, 0.717) is 48.5 Å². The van der Waals surface area contributed by atoms with Crippen molar-refractivity contribution < 1.29 is 32.3 Å². The van der Waals surface area contributed by atoms with Gasteiger partial charge in [-0.3, -0.25) is 14.4 Å². The Morgan fingerprint density at radius 2 is 1.87 bits per heavy atom. The van der Waals surface area contributed by atoms with Crippen molar-refractivity contribution in [3.05, 3.63) is 53.1 Å². The summed E-state index contributed by atoms with van der Waals surface area (Å²) in [6.07, 6.45) is 2.31. The third-order valence-corrected chi connectivity index (χ3v) is 10.8. The zero-order valence-electron chi connectivity index (χ0n) is 26.1. The number of carbonyl (C=O) groups excluding carboxylic acids is 3. The van der Waals surface area contributed by atoms with Gasteiger partial charge in [-0.2, -0.15) is 4.31 Å². The maximum absolute atomic E-state index is 13.3. The molecule has 5 rings (SSSR count). The van der Waals surface area contributed by atoms with Gasteiger partial charge in [0.1, 0.15) is 17.4 Å². The summed E-state index contributed by atoms with van der Waals surface area (Å²) in [7, 11) is -2.24. The minimum atomic E-state index is -3.69. The third-order valence-electron chi connectivity index (χ3n) is 8.87. The Morgan fingerprint density at radius 3 is 2.51 bits per heavy atom. The van der Waals surface area contributed by atoms with Gasteiger partial charge in [0.2, 0.25) is 15.9 Å². The van der Waals surface area contributed by atoms with E-state index < -0.39 is 33.5 Å². The fraction of sp³-hybridized carbons (Fsp3) is 0.485. The van der Waals surface area contributed by atoms with Crippen molar-refractivity contribution in [2.75, 3.05) is 25.9 Å². The highest BCUT2D eigenvalue weighted by molar-refractivity contribution is 7.89. The molecule has 1 aliphatic carbocycles. The monoisotopic (exact) mass is 636 g/mol. The Labute approximate surface area is 264 Å². The molecule has 0 bridgehead atoms. The normalized spacial score (nSPS) is 19.8. The Bertz CT molecular complexity index is 1700. The highest BCUT2D eigenvalue weighted by Crippen LogP contribution is 2.59. The SMILES string of the molecule is COc1cc(S(=O)(=O)N2CCC3(CC2)C[C@H]3C#Cc2cccc3c2CN([C@@H](CCC(=O)OC(C)(C)C)C(N)=O)C3=O)ccc1N. The number of anilines is 1. The van der Waals surface area contributed by atoms with Crippen LogP contribution in [0, 0.1) is 23.2 Å². The molecule has 11 nitrogen and oxygen atoms in total. The van der Waals surface area contributed by atoms with Crippen LogP contribution in [-0.4, -0.2) is 67.2 Å². The molecule has 3 aliphatic rings. The van der Waals surface area contributed by atoms with Gasteiger partial charge in [-0.15, -0.1) is 0 Å². The summed E-state index contributed by atoms with van der Waals surface area (Å²) >= 11 is 0. The van der Waals surface area contributed by atoms with Crippen LogP contribution < -0.4 is 16.2 Å². The summed E-state index contributed by atoms with van der Waals surface area (Å²) in [5.74, 6) is 5.63. The summed E-state index contributed by atoms with van der Waals surface area (Å²) in [6.45, 7) is 6.25. The lowest BCUT2D eigenvalue weighted by molar-refractivity contribution is -0.155. The number of esters is 1. The lowest BCUT2D eigenvalue weighted by Gasteiger charge is -2.31. The molecule has 1 spiro atoms. The van der Waals surface area contributed by atoms with Crippen molar-refractivity contribution in [1.82, 2.24) is 9.21 Å². The molecule has 2 amide bonds. The molecular weight excluding hydrogens is 596 g/mol. The summed E-state index contributed by atoms with van der Waals surface area (Å²) in [5, 5.41) is 0. The zero-order valence-corrected chi connectivity index (χ0v) is 26.9. The number of piperidine rings is 1. The minimum absolute atomic E-state index is 0.0314. The first kappa shape index (κ1) is 32.3. The van der Waals surface area contributed by atoms with E-state index in [9.17, 15) is 22.8 Å². The molecule has 1 saturated carbocycles. The van der Waals surface area contributed by atoms with Crippen LogP contribution in [0.3, 0.4) is 0 Å². The number of fused-ring (bicyclic) bond motifs is 1. The van der Waals surface area contributed by atoms with Gasteiger partial charge in [0.25, 0.3) is 5.91 Å². The topological polar surface area (TPSA) is 162 Å². The molecule has 0 aromatic heterocycles. The van der Waals surface area contributed by atoms with Crippen molar-refractivity contribution in [2.45, 2.75) is 76.0 Å². The van der Waals surface area contributed by atoms with Crippen LogP contribution in [0.1, 0.15) is 74.4 Å². The van der Waals surface area contributed by atoms with Crippen molar-refractivity contribution in [3.8, 4) is 17.6 Å². The smallest absolute Gasteiger partial charge is 0.306 e. The van der Waals surface area contributed by atoms with Crippen LogP contribution in [0.15, 0.2) is 41.3 Å². The summed E-state index contributed by atoms with van der Waals surface area (Å²) in [4.78, 5) is 39.5. The number of carbonyl (C=O) groups is 3. The van der Waals surface area contributed by atoms with Crippen molar-refractivity contribution in [3.63, 3.8) is 0 Å². The van der Waals surface area contributed by atoms with Crippen LogP contribution in [0.5, 0.6) is 5.75 Å². The number of hydrogen-bond donors (Lipinski definition) is 2. The van der Waals surface area contributed by atoms with Crippen molar-refractivity contribution in [1.29, 1.82) is 0 Å². The largest absolute Gasteiger partial charge is 0.495 e. The quantitative estimate of drug-likeness (QED) is 0.254. The Kier molecular flexibility index (Phi) is 8.63. The number of hydrogen-bond acceptors (Lipinski definition) is 8. The molecule has 2 aromatic carbocycles. The van der Waals surface area contributed by atoms with E-state index in [0.717, 1.165) is 12.0 Å². The predicted octanol–water partition coefficient (Wildman–Crippen LogP) is 3.05. The average Bonchev–Trinajstić information content (AvgIpc) is 3.53. The number of rotatable bonds is 8. The highest BCUT2D eigenvalue weighted by atomic mass is 32.2. The standard InChI is InChI=1S/C33H40N4O7S/c1-32(2,3)44-29(38)13-12-27(30(35)39)37-20-25-21(6-5-7-24(25)31(37)40)8-9-22-19-33(22)14-16-36(17-15-33)45(41,42)23-10-11-26(34)28(18-23)43-4/h5-7,10-11,18,22,27H,12-17,19-20,34H2,1-4H3,(H2,35,39)/t22-,27+/m1/s1. The van der Waals surface area contributed by atoms with Gasteiger partial charge in [0.15, 0.2) is 0 Å². The fourth-order valence-corrected chi connectivity index (χ4v) is 7.72.